The number of likely N-dealkylation sites (tertiary alicyclic amines) is 1. The fraction of sp³-hybridized carbons (Fsp3) is 0.562. The predicted molar refractivity (Wildman–Crippen MR) is 81.1 cm³/mol. The summed E-state index contributed by atoms with van der Waals surface area (Å²) in [5.74, 6) is 0.274. The smallest absolute Gasteiger partial charge is 0.220 e. The van der Waals surface area contributed by atoms with Crippen molar-refractivity contribution in [1.82, 2.24) is 10.2 Å². The van der Waals surface area contributed by atoms with E-state index in [4.69, 9.17) is 0 Å². The molecule has 0 saturated carbocycles. The predicted octanol–water partition coefficient (Wildman–Crippen LogP) is 0.898. The largest absolute Gasteiger partial charge is 0.508 e. The van der Waals surface area contributed by atoms with Gasteiger partial charge >= 0.3 is 0 Å². The molecule has 1 aliphatic rings. The average Bonchev–Trinajstić information content (AvgIpc) is 2.47. The molecule has 0 radical (unpaired) electrons. The van der Waals surface area contributed by atoms with Crippen molar-refractivity contribution < 1.29 is 15.0 Å². The topological polar surface area (TPSA) is 72.8 Å². The zero-order valence-corrected chi connectivity index (χ0v) is 12.3. The van der Waals surface area contributed by atoms with Crippen LogP contribution in [0.3, 0.4) is 0 Å². The zero-order valence-electron chi connectivity index (χ0n) is 12.3. The Labute approximate surface area is 125 Å². The summed E-state index contributed by atoms with van der Waals surface area (Å²) in [5, 5.41) is 21.7. The molecule has 1 aliphatic heterocycles. The van der Waals surface area contributed by atoms with E-state index in [0.717, 1.165) is 38.0 Å². The number of piperidine rings is 1. The third kappa shape index (κ3) is 5.73. The van der Waals surface area contributed by atoms with Gasteiger partial charge in [-0.3, -0.25) is 4.79 Å². The van der Waals surface area contributed by atoms with Gasteiger partial charge in [0.15, 0.2) is 0 Å². The molecule has 1 aromatic carbocycles. The molecule has 3 N–H and O–H groups in total. The van der Waals surface area contributed by atoms with Crippen LogP contribution in [0.4, 0.5) is 0 Å². The van der Waals surface area contributed by atoms with Crippen molar-refractivity contribution in [2.24, 2.45) is 0 Å². The summed E-state index contributed by atoms with van der Waals surface area (Å²) in [4.78, 5) is 14.0. The van der Waals surface area contributed by atoms with E-state index in [-0.39, 0.29) is 17.8 Å². The van der Waals surface area contributed by atoms with Gasteiger partial charge in [0.05, 0.1) is 6.10 Å². The highest BCUT2D eigenvalue weighted by Crippen LogP contribution is 2.12. The first-order chi connectivity index (χ1) is 10.1. The number of amides is 1. The standard InChI is InChI=1S/C16H24N2O3/c19-14-6-9-18(10-7-14)11-8-17-16(21)5-4-13-2-1-3-15(20)12-13/h1-3,12,14,19-20H,4-11H2,(H,17,21). The summed E-state index contributed by atoms with van der Waals surface area (Å²) >= 11 is 0. The van der Waals surface area contributed by atoms with Gasteiger partial charge in [-0.25, -0.2) is 0 Å². The number of aromatic hydroxyl groups is 1. The molecule has 2 rings (SSSR count). The number of phenolic OH excluding ortho intramolecular Hbond substituents is 1. The Morgan fingerprint density at radius 2 is 2.10 bits per heavy atom. The number of hydrogen-bond donors (Lipinski definition) is 3. The fourth-order valence-corrected chi connectivity index (χ4v) is 2.55. The third-order valence-electron chi connectivity index (χ3n) is 3.86. The summed E-state index contributed by atoms with van der Waals surface area (Å²) in [7, 11) is 0. The highest BCUT2D eigenvalue weighted by Gasteiger charge is 2.16. The molecule has 116 valence electrons. The summed E-state index contributed by atoms with van der Waals surface area (Å²) in [6, 6.07) is 7.00. The number of aryl methyl sites for hydroxylation is 1. The van der Waals surface area contributed by atoms with Gasteiger partial charge < -0.3 is 20.4 Å². The lowest BCUT2D eigenvalue weighted by Crippen LogP contribution is -2.40. The van der Waals surface area contributed by atoms with Crippen molar-refractivity contribution >= 4 is 5.91 Å². The van der Waals surface area contributed by atoms with Gasteiger partial charge in [-0.1, -0.05) is 12.1 Å². The van der Waals surface area contributed by atoms with Gasteiger partial charge in [0.2, 0.25) is 5.91 Å². The SMILES string of the molecule is O=C(CCc1cccc(O)c1)NCCN1CCC(O)CC1. The van der Waals surface area contributed by atoms with Crippen molar-refractivity contribution in [2.45, 2.75) is 31.8 Å². The number of nitrogens with zero attached hydrogens (tertiary/aromatic N) is 1. The molecule has 1 amide bonds. The Balaban J connectivity index is 1.59. The van der Waals surface area contributed by atoms with Crippen LogP contribution < -0.4 is 5.32 Å². The van der Waals surface area contributed by atoms with E-state index in [1.165, 1.54) is 0 Å². The normalized spacial score (nSPS) is 16.8. The van der Waals surface area contributed by atoms with Crippen LogP contribution in [0, 0.1) is 0 Å². The Kier molecular flexibility index (Phi) is 6.02. The van der Waals surface area contributed by atoms with Gasteiger partial charge in [-0.15, -0.1) is 0 Å². The van der Waals surface area contributed by atoms with E-state index in [1.54, 1.807) is 18.2 Å². The molecule has 0 atom stereocenters. The van der Waals surface area contributed by atoms with Crippen LogP contribution in [0.2, 0.25) is 0 Å². The molecule has 1 heterocycles. The first-order valence-corrected chi connectivity index (χ1v) is 7.58. The lowest BCUT2D eigenvalue weighted by molar-refractivity contribution is -0.121. The summed E-state index contributed by atoms with van der Waals surface area (Å²) in [6.07, 6.45) is 2.56. The fourth-order valence-electron chi connectivity index (χ4n) is 2.55. The number of rotatable bonds is 6. The Hall–Kier alpha value is -1.59. The van der Waals surface area contributed by atoms with Crippen LogP contribution in [-0.2, 0) is 11.2 Å². The monoisotopic (exact) mass is 292 g/mol. The highest BCUT2D eigenvalue weighted by molar-refractivity contribution is 5.76. The Morgan fingerprint density at radius 3 is 2.81 bits per heavy atom. The molecule has 0 aromatic heterocycles. The Bertz CT molecular complexity index is 457. The van der Waals surface area contributed by atoms with E-state index in [0.29, 0.717) is 19.4 Å². The molecule has 1 saturated heterocycles. The van der Waals surface area contributed by atoms with Crippen LogP contribution in [0.5, 0.6) is 5.75 Å². The molecule has 0 aliphatic carbocycles. The van der Waals surface area contributed by atoms with Crippen molar-refractivity contribution in [3.63, 3.8) is 0 Å². The quantitative estimate of drug-likeness (QED) is 0.728. The molecular weight excluding hydrogens is 268 g/mol. The summed E-state index contributed by atoms with van der Waals surface area (Å²) in [5.41, 5.74) is 0.968. The van der Waals surface area contributed by atoms with Crippen LogP contribution >= 0.6 is 0 Å². The second-order valence-electron chi connectivity index (χ2n) is 5.59. The van der Waals surface area contributed by atoms with Gasteiger partial charge in [0, 0.05) is 32.6 Å². The van der Waals surface area contributed by atoms with Gasteiger partial charge in [0.25, 0.3) is 0 Å². The van der Waals surface area contributed by atoms with Gasteiger partial charge in [0.1, 0.15) is 5.75 Å². The van der Waals surface area contributed by atoms with Crippen molar-refractivity contribution in [3.05, 3.63) is 29.8 Å². The molecule has 5 nitrogen and oxygen atoms in total. The molecule has 0 bridgehead atoms. The number of aliphatic hydroxyl groups excluding tert-OH is 1. The highest BCUT2D eigenvalue weighted by atomic mass is 16.3. The van der Waals surface area contributed by atoms with Crippen LogP contribution in [0.15, 0.2) is 24.3 Å². The van der Waals surface area contributed by atoms with E-state index in [1.807, 2.05) is 6.07 Å². The van der Waals surface area contributed by atoms with Gasteiger partial charge in [-0.05, 0) is 37.0 Å². The minimum atomic E-state index is -0.155. The molecule has 21 heavy (non-hydrogen) atoms. The number of nitrogens with one attached hydrogen (secondary N) is 1. The van der Waals surface area contributed by atoms with E-state index >= 15 is 0 Å². The van der Waals surface area contributed by atoms with Crippen molar-refractivity contribution in [1.29, 1.82) is 0 Å². The number of benzene rings is 1. The van der Waals surface area contributed by atoms with Crippen LogP contribution in [0.25, 0.3) is 0 Å². The first kappa shape index (κ1) is 15.8. The van der Waals surface area contributed by atoms with Crippen LogP contribution in [0.1, 0.15) is 24.8 Å². The number of carbonyl (C=O) groups excluding carboxylic acids is 1. The van der Waals surface area contributed by atoms with E-state index in [2.05, 4.69) is 10.2 Å². The van der Waals surface area contributed by atoms with E-state index in [9.17, 15) is 15.0 Å². The lowest BCUT2D eigenvalue weighted by Gasteiger charge is -2.29. The second-order valence-corrected chi connectivity index (χ2v) is 5.59. The minimum absolute atomic E-state index is 0.0374. The van der Waals surface area contributed by atoms with Crippen molar-refractivity contribution in [3.8, 4) is 5.75 Å². The molecule has 0 spiro atoms. The molecule has 1 aromatic rings. The summed E-state index contributed by atoms with van der Waals surface area (Å²) < 4.78 is 0. The van der Waals surface area contributed by atoms with Crippen LogP contribution in [-0.4, -0.2) is 53.3 Å². The third-order valence-corrected chi connectivity index (χ3v) is 3.86. The molecule has 5 heteroatoms. The molecule has 0 unspecified atom stereocenters. The number of phenols is 1. The summed E-state index contributed by atoms with van der Waals surface area (Å²) in [6.45, 7) is 3.29. The number of hydrogen-bond acceptors (Lipinski definition) is 4. The minimum Gasteiger partial charge on any atom is -0.508 e. The number of carbonyl (C=O) groups is 1. The van der Waals surface area contributed by atoms with Crippen molar-refractivity contribution in [2.75, 3.05) is 26.2 Å². The zero-order chi connectivity index (χ0) is 15.1. The molecular formula is C16H24N2O3. The maximum atomic E-state index is 11.8. The average molecular weight is 292 g/mol. The molecule has 1 fully saturated rings. The van der Waals surface area contributed by atoms with Gasteiger partial charge in [-0.2, -0.15) is 0 Å². The maximum Gasteiger partial charge on any atom is 0.220 e. The number of aliphatic hydroxyl groups is 1. The second kappa shape index (κ2) is 8.00. The maximum absolute atomic E-state index is 11.8. The Morgan fingerprint density at radius 1 is 1.33 bits per heavy atom. The first-order valence-electron chi connectivity index (χ1n) is 7.58. The lowest BCUT2D eigenvalue weighted by atomic mass is 10.1. The van der Waals surface area contributed by atoms with E-state index < -0.39 is 0 Å².